The van der Waals surface area contributed by atoms with Crippen molar-refractivity contribution in [2.75, 3.05) is 51.6 Å². The van der Waals surface area contributed by atoms with Gasteiger partial charge in [-0.3, -0.25) is 9.69 Å². The predicted octanol–water partition coefficient (Wildman–Crippen LogP) is 3.35. The Morgan fingerprint density at radius 2 is 1.65 bits per heavy atom. The lowest BCUT2D eigenvalue weighted by Crippen LogP contribution is -2.43. The molecule has 0 bridgehead atoms. The first kappa shape index (κ1) is 24.9. The highest BCUT2D eigenvalue weighted by atomic mass is 32.2. The number of likely N-dealkylation sites (N-methyl/N-ethyl adjacent to an activating group) is 1. The van der Waals surface area contributed by atoms with Crippen LogP contribution in [0.3, 0.4) is 0 Å². The van der Waals surface area contributed by atoms with E-state index in [0.29, 0.717) is 36.2 Å². The minimum Gasteiger partial charge on any atom is -0.322 e. The molecule has 1 N–H and O–H groups in total. The van der Waals surface area contributed by atoms with E-state index in [1.807, 2.05) is 18.2 Å². The van der Waals surface area contributed by atoms with Crippen LogP contribution in [-0.4, -0.2) is 74.7 Å². The summed E-state index contributed by atoms with van der Waals surface area (Å²) in [6, 6.07) is 14.2. The third kappa shape index (κ3) is 6.05. The molecule has 0 aromatic heterocycles. The molecule has 2 aliphatic rings. The van der Waals surface area contributed by atoms with E-state index < -0.39 is 10.0 Å². The first-order valence-corrected chi connectivity index (χ1v) is 13.6. The first-order chi connectivity index (χ1) is 16.2. The van der Waals surface area contributed by atoms with E-state index in [4.69, 9.17) is 0 Å². The van der Waals surface area contributed by atoms with Gasteiger partial charge in [0.2, 0.25) is 10.0 Å². The summed E-state index contributed by atoms with van der Waals surface area (Å²) in [4.78, 5) is 17.9. The van der Waals surface area contributed by atoms with Gasteiger partial charge in [0.25, 0.3) is 5.91 Å². The molecule has 2 aromatic rings. The fourth-order valence-corrected chi connectivity index (χ4v) is 6.69. The van der Waals surface area contributed by atoms with Crippen LogP contribution in [0.1, 0.15) is 36.2 Å². The maximum Gasteiger partial charge on any atom is 0.255 e. The van der Waals surface area contributed by atoms with E-state index in [2.05, 4.69) is 42.1 Å². The third-order valence-electron chi connectivity index (χ3n) is 6.76. The number of carbonyl (C=O) groups excluding carboxylic acids is 1. The molecule has 2 saturated heterocycles. The second-order valence-electron chi connectivity index (χ2n) is 10.0. The van der Waals surface area contributed by atoms with E-state index in [-0.39, 0.29) is 10.8 Å². The molecular weight excluding hydrogens is 448 g/mol. The summed E-state index contributed by atoms with van der Waals surface area (Å²) in [5.74, 6) is 0.334. The van der Waals surface area contributed by atoms with Crippen molar-refractivity contribution in [3.63, 3.8) is 0 Å². The Labute approximate surface area is 203 Å². The summed E-state index contributed by atoms with van der Waals surface area (Å²) in [5, 5.41) is 2.94. The molecule has 2 aromatic carbocycles. The standard InChI is InChI=1S/C26H36N4O3S/c1-20-14-21(2)18-30(17-20)34(32,33)25-9-5-7-23(16-25)26(31)27-24-8-4-6-22(15-24)19-29-12-10-28(3)11-13-29/h4-9,15-16,20-21H,10-14,17-19H2,1-3H3,(H,27,31). The van der Waals surface area contributed by atoms with Gasteiger partial charge in [-0.05, 0) is 61.2 Å². The lowest BCUT2D eigenvalue weighted by atomic mass is 9.94. The quantitative estimate of drug-likeness (QED) is 0.681. The number of hydrogen-bond acceptors (Lipinski definition) is 5. The Balaban J connectivity index is 1.44. The fraction of sp³-hybridized carbons (Fsp3) is 0.500. The molecule has 0 spiro atoms. The summed E-state index contributed by atoms with van der Waals surface area (Å²) in [6.45, 7) is 10.2. The van der Waals surface area contributed by atoms with Crippen LogP contribution in [0.4, 0.5) is 5.69 Å². The number of nitrogens with zero attached hydrogens (tertiary/aromatic N) is 3. The average molecular weight is 485 g/mol. The molecule has 2 unspecified atom stereocenters. The number of nitrogens with one attached hydrogen (secondary N) is 1. The van der Waals surface area contributed by atoms with Gasteiger partial charge in [0, 0.05) is 57.1 Å². The lowest BCUT2D eigenvalue weighted by molar-refractivity contribution is 0.102. The van der Waals surface area contributed by atoms with Crippen LogP contribution < -0.4 is 5.32 Å². The summed E-state index contributed by atoms with van der Waals surface area (Å²) < 4.78 is 28.1. The first-order valence-electron chi connectivity index (χ1n) is 12.1. The van der Waals surface area contributed by atoms with Crippen molar-refractivity contribution in [1.82, 2.24) is 14.1 Å². The van der Waals surface area contributed by atoms with E-state index in [0.717, 1.165) is 44.7 Å². The number of piperidine rings is 1. The normalized spacial score (nSPS) is 23.0. The summed E-state index contributed by atoms with van der Waals surface area (Å²) in [5.41, 5.74) is 2.19. The SMILES string of the molecule is CC1CC(C)CN(S(=O)(=O)c2cccc(C(=O)Nc3cccc(CN4CCN(C)CC4)c3)c2)C1. The highest BCUT2D eigenvalue weighted by molar-refractivity contribution is 7.89. The van der Waals surface area contributed by atoms with Crippen molar-refractivity contribution in [2.45, 2.75) is 31.7 Å². The second kappa shape index (κ2) is 10.6. The maximum atomic E-state index is 13.3. The smallest absolute Gasteiger partial charge is 0.255 e. The van der Waals surface area contributed by atoms with Crippen molar-refractivity contribution < 1.29 is 13.2 Å². The minimum atomic E-state index is -3.64. The number of amides is 1. The number of rotatable bonds is 6. The number of sulfonamides is 1. The van der Waals surface area contributed by atoms with Crippen LogP contribution in [0.25, 0.3) is 0 Å². The molecule has 4 rings (SSSR count). The van der Waals surface area contributed by atoms with Crippen molar-refractivity contribution in [3.8, 4) is 0 Å². The van der Waals surface area contributed by atoms with E-state index in [1.54, 1.807) is 22.5 Å². The zero-order valence-electron chi connectivity index (χ0n) is 20.4. The fourth-order valence-electron chi connectivity index (χ4n) is 4.96. The topological polar surface area (TPSA) is 73.0 Å². The molecule has 1 amide bonds. The van der Waals surface area contributed by atoms with Gasteiger partial charge in [-0.15, -0.1) is 0 Å². The monoisotopic (exact) mass is 484 g/mol. The van der Waals surface area contributed by atoms with Gasteiger partial charge in [-0.25, -0.2) is 8.42 Å². The summed E-state index contributed by atoms with van der Waals surface area (Å²) in [6.07, 6.45) is 1.03. The largest absolute Gasteiger partial charge is 0.322 e. The van der Waals surface area contributed by atoms with Gasteiger partial charge in [0.1, 0.15) is 0 Å². The molecule has 0 aliphatic carbocycles. The van der Waals surface area contributed by atoms with Gasteiger partial charge in [-0.2, -0.15) is 4.31 Å². The number of hydrogen-bond donors (Lipinski definition) is 1. The zero-order chi connectivity index (χ0) is 24.3. The molecular formula is C26H36N4O3S. The van der Waals surface area contributed by atoms with Crippen molar-refractivity contribution in [2.24, 2.45) is 11.8 Å². The minimum absolute atomic E-state index is 0.172. The molecule has 2 heterocycles. The second-order valence-corrected chi connectivity index (χ2v) is 12.0. The summed E-state index contributed by atoms with van der Waals surface area (Å²) in [7, 11) is -1.50. The Bertz CT molecular complexity index is 1100. The Morgan fingerprint density at radius 3 is 2.35 bits per heavy atom. The van der Waals surface area contributed by atoms with Gasteiger partial charge in [0.15, 0.2) is 0 Å². The average Bonchev–Trinajstić information content (AvgIpc) is 2.80. The number of piperazine rings is 1. The molecule has 184 valence electrons. The Morgan fingerprint density at radius 1 is 0.971 bits per heavy atom. The predicted molar refractivity (Wildman–Crippen MR) is 135 cm³/mol. The lowest BCUT2D eigenvalue weighted by Gasteiger charge is -2.34. The van der Waals surface area contributed by atoms with E-state index in [1.165, 1.54) is 6.07 Å². The van der Waals surface area contributed by atoms with Crippen LogP contribution in [0.2, 0.25) is 0 Å². The van der Waals surface area contributed by atoms with Crippen LogP contribution >= 0.6 is 0 Å². The van der Waals surface area contributed by atoms with Crippen LogP contribution in [0.5, 0.6) is 0 Å². The number of carbonyl (C=O) groups is 1. The van der Waals surface area contributed by atoms with Gasteiger partial charge in [-0.1, -0.05) is 32.0 Å². The number of anilines is 1. The van der Waals surface area contributed by atoms with Crippen molar-refractivity contribution in [3.05, 3.63) is 59.7 Å². The Hall–Kier alpha value is -2.26. The van der Waals surface area contributed by atoms with E-state index >= 15 is 0 Å². The van der Waals surface area contributed by atoms with Gasteiger partial charge >= 0.3 is 0 Å². The van der Waals surface area contributed by atoms with Gasteiger partial charge in [0.05, 0.1) is 4.90 Å². The Kier molecular flexibility index (Phi) is 7.72. The van der Waals surface area contributed by atoms with Crippen LogP contribution in [-0.2, 0) is 16.6 Å². The van der Waals surface area contributed by atoms with Crippen LogP contribution in [0, 0.1) is 11.8 Å². The number of benzene rings is 2. The van der Waals surface area contributed by atoms with Crippen LogP contribution in [0.15, 0.2) is 53.4 Å². The molecule has 7 nitrogen and oxygen atoms in total. The molecule has 2 fully saturated rings. The molecule has 8 heteroatoms. The third-order valence-corrected chi connectivity index (χ3v) is 8.58. The molecule has 34 heavy (non-hydrogen) atoms. The zero-order valence-corrected chi connectivity index (χ0v) is 21.2. The molecule has 0 radical (unpaired) electrons. The highest BCUT2D eigenvalue weighted by Crippen LogP contribution is 2.27. The van der Waals surface area contributed by atoms with Crippen molar-refractivity contribution >= 4 is 21.6 Å². The summed E-state index contributed by atoms with van der Waals surface area (Å²) >= 11 is 0. The van der Waals surface area contributed by atoms with Gasteiger partial charge < -0.3 is 10.2 Å². The molecule has 2 aliphatic heterocycles. The molecule has 2 atom stereocenters. The highest BCUT2D eigenvalue weighted by Gasteiger charge is 2.32. The maximum absolute atomic E-state index is 13.3. The molecule has 0 saturated carbocycles. The van der Waals surface area contributed by atoms with Crippen molar-refractivity contribution in [1.29, 1.82) is 0 Å². The van der Waals surface area contributed by atoms with E-state index in [9.17, 15) is 13.2 Å².